The van der Waals surface area contributed by atoms with Gasteiger partial charge in [0, 0.05) is 11.0 Å². The first-order valence-corrected chi connectivity index (χ1v) is 8.79. The van der Waals surface area contributed by atoms with Gasteiger partial charge in [-0.2, -0.15) is 0 Å². The number of fused-ring (bicyclic) bond motifs is 1. The van der Waals surface area contributed by atoms with Crippen LogP contribution in [0.4, 0.5) is 0 Å². The lowest BCUT2D eigenvalue weighted by atomic mass is 10.1. The van der Waals surface area contributed by atoms with Gasteiger partial charge in [0.2, 0.25) is 0 Å². The molecule has 0 radical (unpaired) electrons. The van der Waals surface area contributed by atoms with E-state index in [1.54, 1.807) is 18.2 Å². The molecule has 2 aromatic carbocycles. The van der Waals surface area contributed by atoms with Crippen LogP contribution < -0.4 is 16.1 Å². The number of aromatic nitrogens is 1. The smallest absolute Gasteiger partial charge is 0.422 e. The number of hydrogen-bond donors (Lipinski definition) is 0. The molecule has 3 aromatic rings. The van der Waals surface area contributed by atoms with E-state index in [-0.39, 0.29) is 0 Å². The van der Waals surface area contributed by atoms with Gasteiger partial charge in [-0.3, -0.25) is 4.57 Å². The van der Waals surface area contributed by atoms with Crippen molar-refractivity contribution in [3.63, 3.8) is 0 Å². The van der Waals surface area contributed by atoms with Crippen molar-refractivity contribution in [2.75, 3.05) is 6.61 Å². The highest BCUT2D eigenvalue weighted by atomic mass is 79.9. The minimum Gasteiger partial charge on any atom is -0.493 e. The van der Waals surface area contributed by atoms with Crippen LogP contribution >= 0.6 is 15.9 Å². The average Bonchev–Trinajstić information content (AvgIpc) is 2.56. The summed E-state index contributed by atoms with van der Waals surface area (Å²) >= 11 is 3.32. The topological polar surface area (TPSA) is 61.4 Å². The molecule has 1 aromatic heterocycles. The minimum absolute atomic E-state index is 0.379. The molecule has 0 N–H and O–H groups in total. The van der Waals surface area contributed by atoms with E-state index in [1.165, 1.54) is 4.57 Å². The van der Waals surface area contributed by atoms with Crippen molar-refractivity contribution in [1.29, 1.82) is 0 Å². The average molecular weight is 404 g/mol. The molecule has 0 aliphatic rings. The van der Waals surface area contributed by atoms with E-state index in [0.717, 1.165) is 21.3 Å². The maximum atomic E-state index is 12.1. The summed E-state index contributed by atoms with van der Waals surface area (Å²) in [5.74, 6) is 0.232. The Morgan fingerprint density at radius 1 is 1.12 bits per heavy atom. The monoisotopic (exact) mass is 403 g/mol. The van der Waals surface area contributed by atoms with Crippen molar-refractivity contribution >= 4 is 26.8 Å². The van der Waals surface area contributed by atoms with E-state index >= 15 is 0 Å². The lowest BCUT2D eigenvalue weighted by Gasteiger charge is -2.13. The first-order valence-electron chi connectivity index (χ1n) is 7.99. The Labute approximate surface area is 153 Å². The van der Waals surface area contributed by atoms with Crippen LogP contribution in [0.5, 0.6) is 5.75 Å². The van der Waals surface area contributed by atoms with Gasteiger partial charge in [0.15, 0.2) is 0 Å². The maximum absolute atomic E-state index is 12.1. The predicted molar refractivity (Wildman–Crippen MR) is 100 cm³/mol. The summed E-state index contributed by atoms with van der Waals surface area (Å²) in [7, 11) is 0. The van der Waals surface area contributed by atoms with E-state index in [1.807, 2.05) is 32.0 Å². The van der Waals surface area contributed by atoms with E-state index in [2.05, 4.69) is 15.9 Å². The second-order valence-corrected chi connectivity index (χ2v) is 6.81. The summed E-state index contributed by atoms with van der Waals surface area (Å²) in [6, 6.07) is 11.2. The summed E-state index contributed by atoms with van der Waals surface area (Å²) in [6.07, 6.45) is 0.618. The normalized spacial score (nSPS) is 11.0. The van der Waals surface area contributed by atoms with Gasteiger partial charge in [0.1, 0.15) is 5.75 Å². The van der Waals surface area contributed by atoms with Crippen LogP contribution in [0.25, 0.3) is 10.9 Å². The van der Waals surface area contributed by atoms with Crippen LogP contribution in [0, 0.1) is 13.8 Å². The molecule has 1 heterocycles. The van der Waals surface area contributed by atoms with Crippen LogP contribution in [0.2, 0.25) is 0 Å². The zero-order valence-electron chi connectivity index (χ0n) is 14.0. The Morgan fingerprint density at radius 3 is 2.56 bits per heavy atom. The van der Waals surface area contributed by atoms with Gasteiger partial charge < -0.3 is 9.15 Å². The second-order valence-electron chi connectivity index (χ2n) is 5.89. The number of halogens is 1. The molecular formula is C19H18BrNO4. The molecule has 0 atom stereocenters. The number of nitrogens with zero attached hydrogens (tertiary/aromatic N) is 1. The van der Waals surface area contributed by atoms with Crippen LogP contribution in [0.3, 0.4) is 0 Å². The lowest BCUT2D eigenvalue weighted by Crippen LogP contribution is -2.25. The number of rotatable bonds is 5. The van der Waals surface area contributed by atoms with Crippen molar-refractivity contribution in [3.8, 4) is 5.75 Å². The van der Waals surface area contributed by atoms with Crippen molar-refractivity contribution < 1.29 is 9.15 Å². The molecule has 0 fully saturated rings. The molecule has 0 bridgehead atoms. The third kappa shape index (κ3) is 3.69. The molecule has 0 aliphatic heterocycles. The van der Waals surface area contributed by atoms with E-state index in [9.17, 15) is 9.59 Å². The third-order valence-corrected chi connectivity index (χ3v) is 4.54. The van der Waals surface area contributed by atoms with Crippen molar-refractivity contribution in [2.24, 2.45) is 0 Å². The van der Waals surface area contributed by atoms with E-state index in [4.69, 9.17) is 9.15 Å². The zero-order valence-corrected chi connectivity index (χ0v) is 15.6. The number of para-hydroxylation sites is 1. The number of benzene rings is 2. The summed E-state index contributed by atoms with van der Waals surface area (Å²) in [5.41, 5.74) is 2.11. The molecule has 0 spiro atoms. The second kappa shape index (κ2) is 7.27. The molecule has 0 aliphatic carbocycles. The predicted octanol–water partition coefficient (Wildman–Crippen LogP) is 3.80. The SMILES string of the molecule is Cc1cccc(C)c1OCCCn1c(=O)oc(=O)c2cc(Br)ccc21. The summed E-state index contributed by atoms with van der Waals surface area (Å²) in [4.78, 5) is 23.9. The van der Waals surface area contributed by atoms with Gasteiger partial charge in [0.25, 0.3) is 0 Å². The highest BCUT2D eigenvalue weighted by molar-refractivity contribution is 9.10. The molecule has 3 rings (SSSR count). The fraction of sp³-hybridized carbons (Fsp3) is 0.263. The third-order valence-electron chi connectivity index (χ3n) is 4.05. The molecule has 5 nitrogen and oxygen atoms in total. The Bertz CT molecular complexity index is 1020. The minimum atomic E-state index is -0.646. The molecular weight excluding hydrogens is 386 g/mol. The van der Waals surface area contributed by atoms with Crippen LogP contribution in [0.15, 0.2) is 54.9 Å². The molecule has 0 saturated carbocycles. The standard InChI is InChI=1S/C19H18BrNO4/c1-12-5-3-6-13(2)17(12)24-10-4-9-21-16-8-7-14(20)11-15(16)18(22)25-19(21)23/h3,5-8,11H,4,9-10H2,1-2H3. The van der Waals surface area contributed by atoms with Gasteiger partial charge in [-0.1, -0.05) is 34.1 Å². The highest BCUT2D eigenvalue weighted by Crippen LogP contribution is 2.22. The quantitative estimate of drug-likeness (QED) is 0.607. The summed E-state index contributed by atoms with van der Waals surface area (Å²) in [5, 5.41) is 0.379. The van der Waals surface area contributed by atoms with Crippen molar-refractivity contribution in [1.82, 2.24) is 4.57 Å². The Balaban J connectivity index is 1.78. The van der Waals surface area contributed by atoms with Crippen LogP contribution in [0.1, 0.15) is 17.5 Å². The number of hydrogen-bond acceptors (Lipinski definition) is 4. The zero-order chi connectivity index (χ0) is 18.0. The number of ether oxygens (including phenoxy) is 1. The van der Waals surface area contributed by atoms with Gasteiger partial charge >= 0.3 is 11.4 Å². The highest BCUT2D eigenvalue weighted by Gasteiger charge is 2.10. The van der Waals surface area contributed by atoms with Crippen LogP contribution in [-0.4, -0.2) is 11.2 Å². The first kappa shape index (κ1) is 17.5. The van der Waals surface area contributed by atoms with E-state index in [0.29, 0.717) is 30.5 Å². The first-order chi connectivity index (χ1) is 12.0. The molecule has 0 saturated heterocycles. The van der Waals surface area contributed by atoms with Gasteiger partial charge in [0.05, 0.1) is 17.5 Å². The lowest BCUT2D eigenvalue weighted by molar-refractivity contribution is 0.293. The van der Waals surface area contributed by atoms with Crippen LogP contribution in [-0.2, 0) is 6.54 Å². The number of aryl methyl sites for hydroxylation is 3. The van der Waals surface area contributed by atoms with Crippen molar-refractivity contribution in [3.05, 3.63) is 73.0 Å². The van der Waals surface area contributed by atoms with Crippen molar-refractivity contribution in [2.45, 2.75) is 26.8 Å². The molecule has 0 amide bonds. The summed E-state index contributed by atoms with van der Waals surface area (Å²) < 4.78 is 12.9. The fourth-order valence-corrected chi connectivity index (χ4v) is 3.19. The Hall–Kier alpha value is -2.34. The van der Waals surface area contributed by atoms with Gasteiger partial charge in [-0.15, -0.1) is 0 Å². The molecule has 0 unspecified atom stereocenters. The van der Waals surface area contributed by atoms with E-state index < -0.39 is 11.4 Å². The maximum Gasteiger partial charge on any atom is 0.422 e. The summed E-state index contributed by atoms with van der Waals surface area (Å²) in [6.45, 7) is 4.88. The largest absolute Gasteiger partial charge is 0.493 e. The molecule has 6 heteroatoms. The van der Waals surface area contributed by atoms with Gasteiger partial charge in [-0.25, -0.2) is 9.59 Å². The Morgan fingerprint density at radius 2 is 1.84 bits per heavy atom. The molecule has 130 valence electrons. The Kier molecular flexibility index (Phi) is 5.08. The molecule has 25 heavy (non-hydrogen) atoms. The van der Waals surface area contributed by atoms with Gasteiger partial charge in [-0.05, 0) is 49.6 Å². The fourth-order valence-electron chi connectivity index (χ4n) is 2.83.